The maximum atomic E-state index is 12.4. The van der Waals surface area contributed by atoms with Crippen molar-refractivity contribution in [3.63, 3.8) is 0 Å². The van der Waals surface area contributed by atoms with Crippen LogP contribution in [0.2, 0.25) is 0 Å². The van der Waals surface area contributed by atoms with E-state index in [1.54, 1.807) is 15.9 Å². The van der Waals surface area contributed by atoms with Crippen LogP contribution in [0.5, 0.6) is 0 Å². The summed E-state index contributed by atoms with van der Waals surface area (Å²) in [6, 6.07) is 7.47. The lowest BCUT2D eigenvalue weighted by Crippen LogP contribution is -2.52. The van der Waals surface area contributed by atoms with Gasteiger partial charge in [-0.3, -0.25) is 9.59 Å². The van der Waals surface area contributed by atoms with Crippen LogP contribution in [-0.2, 0) is 14.3 Å². The number of hydrogen-bond acceptors (Lipinski definition) is 5. The summed E-state index contributed by atoms with van der Waals surface area (Å²) >= 11 is 0. The number of nitrogens with zero attached hydrogens (tertiary/aromatic N) is 3. The molecule has 7 heteroatoms. The number of rotatable bonds is 3. The third kappa shape index (κ3) is 3.48. The van der Waals surface area contributed by atoms with Gasteiger partial charge in [-0.1, -0.05) is 12.1 Å². The van der Waals surface area contributed by atoms with Gasteiger partial charge in [0.1, 0.15) is 11.6 Å². The fraction of sp³-hybridized carbons (Fsp3) is 0.421. The molecule has 2 aliphatic rings. The molecule has 1 aromatic heterocycles. The van der Waals surface area contributed by atoms with Crippen LogP contribution in [0.1, 0.15) is 18.7 Å². The number of piperazine rings is 1. The number of aromatic nitrogens is 1. The topological polar surface area (TPSA) is 75.9 Å². The zero-order chi connectivity index (χ0) is 17.9. The van der Waals surface area contributed by atoms with Gasteiger partial charge >= 0.3 is 0 Å². The summed E-state index contributed by atoms with van der Waals surface area (Å²) in [6.07, 6.45) is 4.51. The summed E-state index contributed by atoms with van der Waals surface area (Å²) in [7, 11) is 0. The number of carbonyl (C=O) groups excluding carboxylic acids is 2. The van der Waals surface area contributed by atoms with Crippen LogP contribution in [0.15, 0.2) is 34.8 Å². The van der Waals surface area contributed by atoms with Crippen molar-refractivity contribution in [2.45, 2.75) is 18.9 Å². The summed E-state index contributed by atoms with van der Waals surface area (Å²) in [5, 5.41) is 0. The first-order valence-corrected chi connectivity index (χ1v) is 8.94. The minimum atomic E-state index is -0.295. The number of amides is 2. The third-order valence-corrected chi connectivity index (χ3v) is 4.79. The minimum absolute atomic E-state index is 0.0524. The molecule has 0 saturated carbocycles. The Kier molecular flexibility index (Phi) is 4.71. The van der Waals surface area contributed by atoms with Gasteiger partial charge in [-0.15, -0.1) is 0 Å². The number of hydrogen-bond donors (Lipinski definition) is 0. The summed E-state index contributed by atoms with van der Waals surface area (Å²) < 4.78 is 11.0. The van der Waals surface area contributed by atoms with Crippen LogP contribution < -0.4 is 0 Å². The summed E-state index contributed by atoms with van der Waals surface area (Å²) in [4.78, 5) is 32.5. The number of ether oxygens (including phenoxy) is 1. The zero-order valence-corrected chi connectivity index (χ0v) is 14.5. The molecule has 1 atom stereocenters. The van der Waals surface area contributed by atoms with Crippen molar-refractivity contribution in [2.24, 2.45) is 0 Å². The summed E-state index contributed by atoms with van der Waals surface area (Å²) in [6.45, 7) is 2.79. The van der Waals surface area contributed by atoms with Crippen molar-refractivity contribution in [3.05, 3.63) is 36.2 Å². The van der Waals surface area contributed by atoms with E-state index in [1.165, 1.54) is 6.08 Å². The highest BCUT2D eigenvalue weighted by molar-refractivity contribution is 5.92. The van der Waals surface area contributed by atoms with Gasteiger partial charge in [0.25, 0.3) is 5.91 Å². The van der Waals surface area contributed by atoms with E-state index in [0.717, 1.165) is 18.4 Å². The van der Waals surface area contributed by atoms with Gasteiger partial charge in [-0.05, 0) is 25.0 Å². The number of fused-ring (bicyclic) bond motifs is 1. The van der Waals surface area contributed by atoms with Crippen LogP contribution in [0.25, 0.3) is 17.2 Å². The van der Waals surface area contributed by atoms with Crippen molar-refractivity contribution in [1.82, 2.24) is 14.8 Å². The molecule has 0 aliphatic carbocycles. The van der Waals surface area contributed by atoms with E-state index in [2.05, 4.69) is 4.98 Å². The first kappa shape index (κ1) is 16.8. The maximum absolute atomic E-state index is 12.4. The Morgan fingerprint density at radius 1 is 1.12 bits per heavy atom. The van der Waals surface area contributed by atoms with Crippen molar-refractivity contribution >= 4 is 29.0 Å². The molecular weight excluding hydrogens is 334 g/mol. The number of carbonyl (C=O) groups is 2. The second kappa shape index (κ2) is 7.29. The van der Waals surface area contributed by atoms with Crippen LogP contribution >= 0.6 is 0 Å². The second-order valence-electron chi connectivity index (χ2n) is 6.51. The lowest BCUT2D eigenvalue weighted by Gasteiger charge is -2.35. The number of benzene rings is 1. The molecule has 7 nitrogen and oxygen atoms in total. The fourth-order valence-electron chi connectivity index (χ4n) is 3.33. The fourth-order valence-corrected chi connectivity index (χ4v) is 3.33. The molecule has 0 N–H and O–H groups in total. The van der Waals surface area contributed by atoms with Crippen molar-refractivity contribution in [1.29, 1.82) is 0 Å². The smallest absolute Gasteiger partial charge is 0.251 e. The van der Waals surface area contributed by atoms with Crippen LogP contribution in [0.4, 0.5) is 0 Å². The average Bonchev–Trinajstić information content (AvgIpc) is 3.35. The molecule has 2 amide bonds. The molecule has 1 unspecified atom stereocenters. The van der Waals surface area contributed by atoms with E-state index in [0.29, 0.717) is 44.3 Å². The van der Waals surface area contributed by atoms with Gasteiger partial charge in [-0.2, -0.15) is 0 Å². The third-order valence-electron chi connectivity index (χ3n) is 4.79. The molecule has 0 bridgehead atoms. The predicted octanol–water partition coefficient (Wildman–Crippen LogP) is 1.69. The monoisotopic (exact) mass is 355 g/mol. The zero-order valence-electron chi connectivity index (χ0n) is 14.5. The van der Waals surface area contributed by atoms with Gasteiger partial charge in [-0.25, -0.2) is 4.98 Å². The molecule has 1 aromatic carbocycles. The highest BCUT2D eigenvalue weighted by Crippen LogP contribution is 2.17. The lowest BCUT2D eigenvalue weighted by atomic mass is 10.2. The predicted molar refractivity (Wildman–Crippen MR) is 95.2 cm³/mol. The van der Waals surface area contributed by atoms with Crippen molar-refractivity contribution in [3.8, 4) is 0 Å². The van der Waals surface area contributed by atoms with Gasteiger partial charge in [0.05, 0.1) is 0 Å². The Hall–Kier alpha value is -2.67. The van der Waals surface area contributed by atoms with Crippen LogP contribution in [0, 0.1) is 0 Å². The molecule has 0 radical (unpaired) electrons. The highest BCUT2D eigenvalue weighted by Gasteiger charge is 2.30. The quantitative estimate of drug-likeness (QED) is 0.783. The Morgan fingerprint density at radius 3 is 2.62 bits per heavy atom. The standard InChI is InChI=1S/C19H21N3O4/c23-18(8-7-17-20-14-4-1-2-5-15(14)26-17)21-9-11-22(12-10-21)19(24)16-6-3-13-25-16/h1-2,4-5,7-8,16H,3,6,9-13H2. The molecule has 2 aliphatic heterocycles. The summed E-state index contributed by atoms with van der Waals surface area (Å²) in [5.74, 6) is 0.361. The van der Waals surface area contributed by atoms with E-state index in [-0.39, 0.29) is 17.9 Å². The molecule has 0 spiro atoms. The van der Waals surface area contributed by atoms with E-state index in [9.17, 15) is 9.59 Å². The molecular formula is C19H21N3O4. The first-order chi connectivity index (χ1) is 12.7. The Bertz CT molecular complexity index is 797. The van der Waals surface area contributed by atoms with Gasteiger partial charge in [0.15, 0.2) is 5.58 Å². The molecule has 2 saturated heterocycles. The van der Waals surface area contributed by atoms with E-state index in [1.807, 2.05) is 24.3 Å². The molecule has 2 fully saturated rings. The molecule has 136 valence electrons. The van der Waals surface area contributed by atoms with Gasteiger partial charge in [0, 0.05) is 44.9 Å². The van der Waals surface area contributed by atoms with E-state index < -0.39 is 0 Å². The molecule has 26 heavy (non-hydrogen) atoms. The average molecular weight is 355 g/mol. The lowest BCUT2D eigenvalue weighted by molar-refractivity contribution is -0.144. The normalized spacial score (nSPS) is 21.0. The molecule has 2 aromatic rings. The SMILES string of the molecule is O=C(C=Cc1nc2ccccc2o1)N1CCN(C(=O)C2CCCO2)CC1. The highest BCUT2D eigenvalue weighted by atomic mass is 16.5. The van der Waals surface area contributed by atoms with E-state index in [4.69, 9.17) is 9.15 Å². The van der Waals surface area contributed by atoms with E-state index >= 15 is 0 Å². The maximum Gasteiger partial charge on any atom is 0.251 e. The van der Waals surface area contributed by atoms with Crippen molar-refractivity contribution in [2.75, 3.05) is 32.8 Å². The van der Waals surface area contributed by atoms with Crippen LogP contribution in [-0.4, -0.2) is 65.5 Å². The minimum Gasteiger partial charge on any atom is -0.437 e. The number of para-hydroxylation sites is 2. The van der Waals surface area contributed by atoms with Gasteiger partial charge < -0.3 is 19.0 Å². The van der Waals surface area contributed by atoms with Crippen LogP contribution in [0.3, 0.4) is 0 Å². The Balaban J connectivity index is 1.32. The number of oxazole rings is 1. The largest absolute Gasteiger partial charge is 0.437 e. The molecule has 4 rings (SSSR count). The Labute approximate surface area is 151 Å². The Morgan fingerprint density at radius 2 is 1.88 bits per heavy atom. The van der Waals surface area contributed by atoms with Crippen molar-refractivity contribution < 1.29 is 18.7 Å². The second-order valence-corrected chi connectivity index (χ2v) is 6.51. The first-order valence-electron chi connectivity index (χ1n) is 8.94. The molecule has 3 heterocycles. The summed E-state index contributed by atoms with van der Waals surface area (Å²) in [5.41, 5.74) is 1.46. The van der Waals surface area contributed by atoms with Gasteiger partial charge in [0.2, 0.25) is 11.8 Å².